The molecule has 0 bridgehead atoms. The molecule has 2 aromatic heterocycles. The van der Waals surface area contributed by atoms with Gasteiger partial charge in [-0.15, -0.1) is 0 Å². The number of benzene rings is 1. The highest BCUT2D eigenvalue weighted by Crippen LogP contribution is 2.22. The van der Waals surface area contributed by atoms with E-state index in [-0.39, 0.29) is 13.2 Å². The Bertz CT molecular complexity index is 819. The van der Waals surface area contributed by atoms with Crippen molar-refractivity contribution in [2.45, 2.75) is 33.6 Å². The number of aliphatic hydroxyl groups excluding tert-OH is 2. The van der Waals surface area contributed by atoms with Gasteiger partial charge in [-0.05, 0) is 42.7 Å². The molecule has 0 amide bonds. The Labute approximate surface area is 135 Å². The normalized spacial score (nSPS) is 11.1. The summed E-state index contributed by atoms with van der Waals surface area (Å²) in [5.74, 6) is 0. The van der Waals surface area contributed by atoms with Crippen molar-refractivity contribution >= 4 is 11.3 Å². The van der Waals surface area contributed by atoms with Gasteiger partial charge in [0.05, 0.1) is 30.3 Å². The number of aryl methyl sites for hydroxylation is 2. The number of hydrogen-bond donors (Lipinski definition) is 3. The average molecular weight is 311 g/mol. The molecule has 0 aliphatic carbocycles. The third-order valence-electron chi connectivity index (χ3n) is 4.23. The average Bonchev–Trinajstić information content (AvgIpc) is 2.92. The van der Waals surface area contributed by atoms with Crippen LogP contribution in [0.1, 0.15) is 28.1 Å². The Hall–Kier alpha value is -2.37. The minimum atomic E-state index is -0.187. The second-order valence-corrected chi connectivity index (χ2v) is 5.66. The van der Waals surface area contributed by atoms with Crippen molar-refractivity contribution < 1.29 is 10.2 Å². The number of rotatable bonds is 5. The summed E-state index contributed by atoms with van der Waals surface area (Å²) < 4.78 is 1.82. The van der Waals surface area contributed by atoms with Crippen molar-refractivity contribution in [3.63, 3.8) is 0 Å². The number of nitrogens with zero attached hydrogens (tertiary/aromatic N) is 2. The van der Waals surface area contributed by atoms with Crippen LogP contribution in [0.4, 0.5) is 5.69 Å². The summed E-state index contributed by atoms with van der Waals surface area (Å²) in [7, 11) is 0. The van der Waals surface area contributed by atoms with Crippen molar-refractivity contribution in [1.29, 1.82) is 0 Å². The maximum absolute atomic E-state index is 9.52. The molecule has 0 saturated heterocycles. The Morgan fingerprint density at radius 3 is 2.43 bits per heavy atom. The van der Waals surface area contributed by atoms with Crippen LogP contribution in [0.25, 0.3) is 5.65 Å². The smallest absolute Gasteiger partial charge is 0.160 e. The summed E-state index contributed by atoms with van der Waals surface area (Å²) in [6.07, 6.45) is 1.84. The van der Waals surface area contributed by atoms with E-state index in [2.05, 4.69) is 42.3 Å². The molecule has 0 aliphatic rings. The lowest BCUT2D eigenvalue weighted by molar-refractivity contribution is 0.253. The van der Waals surface area contributed by atoms with Crippen LogP contribution in [0.3, 0.4) is 0 Å². The molecular formula is C18H21N3O2. The van der Waals surface area contributed by atoms with Crippen LogP contribution in [0.15, 0.2) is 36.5 Å². The highest BCUT2D eigenvalue weighted by molar-refractivity contribution is 5.68. The second-order valence-electron chi connectivity index (χ2n) is 5.66. The number of aliphatic hydroxyl groups is 2. The molecule has 5 heteroatoms. The molecule has 0 fully saturated rings. The summed E-state index contributed by atoms with van der Waals surface area (Å²) in [5.41, 5.74) is 6.49. The molecule has 1 aromatic carbocycles. The summed E-state index contributed by atoms with van der Waals surface area (Å²) in [6.45, 7) is 4.57. The van der Waals surface area contributed by atoms with Gasteiger partial charge in [0.15, 0.2) is 5.65 Å². The lowest BCUT2D eigenvalue weighted by Crippen LogP contribution is -2.05. The van der Waals surface area contributed by atoms with Crippen molar-refractivity contribution in [2.75, 3.05) is 5.32 Å². The molecule has 2 heterocycles. The molecule has 120 valence electrons. The van der Waals surface area contributed by atoms with Crippen molar-refractivity contribution in [3.8, 4) is 0 Å². The summed E-state index contributed by atoms with van der Waals surface area (Å²) in [6, 6.07) is 10.1. The number of pyridine rings is 1. The van der Waals surface area contributed by atoms with E-state index < -0.39 is 0 Å². The SMILES string of the molecule is Cc1cccc(C)c1CNc1cccn2c(CO)c(CO)nc12. The fourth-order valence-electron chi connectivity index (χ4n) is 2.91. The topological polar surface area (TPSA) is 69.8 Å². The van der Waals surface area contributed by atoms with E-state index in [1.165, 1.54) is 16.7 Å². The molecule has 0 saturated carbocycles. The minimum Gasteiger partial charge on any atom is -0.390 e. The minimum absolute atomic E-state index is 0.155. The zero-order valence-corrected chi connectivity index (χ0v) is 13.4. The first kappa shape index (κ1) is 15.5. The summed E-state index contributed by atoms with van der Waals surface area (Å²) in [5, 5.41) is 22.4. The Morgan fingerprint density at radius 1 is 1.04 bits per heavy atom. The van der Waals surface area contributed by atoms with E-state index in [4.69, 9.17) is 0 Å². The van der Waals surface area contributed by atoms with E-state index in [0.29, 0.717) is 23.6 Å². The zero-order chi connectivity index (χ0) is 16.4. The molecule has 3 rings (SSSR count). The Morgan fingerprint density at radius 2 is 1.78 bits per heavy atom. The number of anilines is 1. The van der Waals surface area contributed by atoms with Crippen LogP contribution in [-0.2, 0) is 19.8 Å². The van der Waals surface area contributed by atoms with Crippen molar-refractivity contribution in [3.05, 3.63) is 64.6 Å². The lowest BCUT2D eigenvalue weighted by Gasteiger charge is -2.12. The molecule has 0 atom stereocenters. The molecule has 0 unspecified atom stereocenters. The van der Waals surface area contributed by atoms with Gasteiger partial charge in [0, 0.05) is 12.7 Å². The fraction of sp³-hybridized carbons (Fsp3) is 0.278. The maximum Gasteiger partial charge on any atom is 0.160 e. The monoisotopic (exact) mass is 311 g/mol. The fourth-order valence-corrected chi connectivity index (χ4v) is 2.91. The standard InChI is InChI=1S/C18H21N3O2/c1-12-5-3-6-13(2)14(12)9-19-15-7-4-8-21-17(11-23)16(10-22)20-18(15)21/h3-8,19,22-23H,9-11H2,1-2H3. The van der Waals surface area contributed by atoms with E-state index in [0.717, 1.165) is 5.69 Å². The van der Waals surface area contributed by atoms with E-state index in [9.17, 15) is 10.2 Å². The van der Waals surface area contributed by atoms with Gasteiger partial charge in [0.1, 0.15) is 0 Å². The van der Waals surface area contributed by atoms with Crippen molar-refractivity contribution in [2.24, 2.45) is 0 Å². The van der Waals surface area contributed by atoms with Crippen molar-refractivity contribution in [1.82, 2.24) is 9.38 Å². The number of nitrogens with one attached hydrogen (secondary N) is 1. The van der Waals surface area contributed by atoms with Gasteiger partial charge in [-0.3, -0.25) is 4.40 Å². The first-order valence-electron chi connectivity index (χ1n) is 7.65. The van der Waals surface area contributed by atoms with E-state index in [1.54, 1.807) is 0 Å². The molecule has 5 nitrogen and oxygen atoms in total. The molecule has 0 spiro atoms. The predicted octanol–water partition coefficient (Wildman–Crippen LogP) is 2.55. The Balaban J connectivity index is 1.96. The predicted molar refractivity (Wildman–Crippen MR) is 90.3 cm³/mol. The summed E-state index contributed by atoms with van der Waals surface area (Å²) in [4.78, 5) is 4.45. The van der Waals surface area contributed by atoms with Gasteiger partial charge in [-0.25, -0.2) is 4.98 Å². The van der Waals surface area contributed by atoms with Crippen LogP contribution in [0.2, 0.25) is 0 Å². The largest absolute Gasteiger partial charge is 0.390 e. The van der Waals surface area contributed by atoms with E-state index in [1.807, 2.05) is 22.7 Å². The van der Waals surface area contributed by atoms with Gasteiger partial charge < -0.3 is 15.5 Å². The summed E-state index contributed by atoms with van der Waals surface area (Å²) >= 11 is 0. The van der Waals surface area contributed by atoms with E-state index >= 15 is 0 Å². The second kappa shape index (κ2) is 6.40. The quantitative estimate of drug-likeness (QED) is 0.677. The highest BCUT2D eigenvalue weighted by atomic mass is 16.3. The maximum atomic E-state index is 9.52. The molecule has 0 aliphatic heterocycles. The van der Waals surface area contributed by atoms with Crippen LogP contribution in [0, 0.1) is 13.8 Å². The van der Waals surface area contributed by atoms with Crippen LogP contribution < -0.4 is 5.32 Å². The Kier molecular flexibility index (Phi) is 4.32. The molecule has 3 N–H and O–H groups in total. The molecule has 23 heavy (non-hydrogen) atoms. The van der Waals surface area contributed by atoms with Gasteiger partial charge in [0.25, 0.3) is 0 Å². The third kappa shape index (κ3) is 2.81. The zero-order valence-electron chi connectivity index (χ0n) is 13.4. The number of imidazole rings is 1. The van der Waals surface area contributed by atoms with Gasteiger partial charge in [0.2, 0.25) is 0 Å². The first-order valence-corrected chi connectivity index (χ1v) is 7.65. The third-order valence-corrected chi connectivity index (χ3v) is 4.23. The van der Waals surface area contributed by atoms with Gasteiger partial charge >= 0.3 is 0 Å². The first-order chi connectivity index (χ1) is 11.2. The number of aromatic nitrogens is 2. The highest BCUT2D eigenvalue weighted by Gasteiger charge is 2.13. The number of fused-ring (bicyclic) bond motifs is 1. The van der Waals surface area contributed by atoms with Crippen LogP contribution in [0.5, 0.6) is 0 Å². The van der Waals surface area contributed by atoms with Crippen LogP contribution in [-0.4, -0.2) is 19.6 Å². The molecule has 3 aromatic rings. The lowest BCUT2D eigenvalue weighted by atomic mass is 10.0. The van der Waals surface area contributed by atoms with Gasteiger partial charge in [-0.1, -0.05) is 18.2 Å². The molecular weight excluding hydrogens is 290 g/mol. The number of hydrogen-bond acceptors (Lipinski definition) is 4. The van der Waals surface area contributed by atoms with Crippen LogP contribution >= 0.6 is 0 Å². The molecule has 0 radical (unpaired) electrons. The van der Waals surface area contributed by atoms with Gasteiger partial charge in [-0.2, -0.15) is 0 Å².